The van der Waals surface area contributed by atoms with Crippen LogP contribution < -0.4 is 0 Å². The Morgan fingerprint density at radius 3 is 2.00 bits per heavy atom. The van der Waals surface area contributed by atoms with Crippen molar-refractivity contribution in [1.29, 1.82) is 0 Å². The summed E-state index contributed by atoms with van der Waals surface area (Å²) >= 11 is 0. The first-order valence-electron chi connectivity index (χ1n) is 6.86. The smallest absolute Gasteiger partial charge is 0.327 e. The maximum atomic E-state index is 10.6. The Labute approximate surface area is 109 Å². The molecule has 0 saturated heterocycles. The first kappa shape index (κ1) is 13.6. The SMILES string of the molecule is C=CC(=O)O.CC1(C)C2CC3CC(C2)CC1(O)C3. The molecule has 3 heteroatoms. The lowest BCUT2D eigenvalue weighted by molar-refractivity contribution is -0.212. The van der Waals surface area contributed by atoms with Crippen molar-refractivity contribution in [1.82, 2.24) is 0 Å². The van der Waals surface area contributed by atoms with Crippen molar-refractivity contribution in [2.45, 2.75) is 51.6 Å². The second-order valence-corrected chi connectivity index (χ2v) is 6.84. The largest absolute Gasteiger partial charge is 0.478 e. The van der Waals surface area contributed by atoms with Crippen LogP contribution in [0.15, 0.2) is 12.7 Å². The maximum Gasteiger partial charge on any atom is 0.327 e. The second kappa shape index (κ2) is 4.37. The normalized spacial score (nSPS) is 42.9. The van der Waals surface area contributed by atoms with Crippen LogP contribution in [0.5, 0.6) is 0 Å². The lowest BCUT2D eigenvalue weighted by Gasteiger charge is -2.63. The highest BCUT2D eigenvalue weighted by molar-refractivity contribution is 5.78. The quantitative estimate of drug-likeness (QED) is 0.705. The molecule has 4 rings (SSSR count). The predicted molar refractivity (Wildman–Crippen MR) is 70.1 cm³/mol. The number of aliphatic carboxylic acids is 1. The van der Waals surface area contributed by atoms with Gasteiger partial charge in [0.1, 0.15) is 0 Å². The highest BCUT2D eigenvalue weighted by atomic mass is 16.4. The van der Waals surface area contributed by atoms with E-state index in [1.807, 2.05) is 0 Å². The lowest BCUT2D eigenvalue weighted by Crippen LogP contribution is -2.61. The number of carboxylic acids is 1. The molecule has 0 spiro atoms. The number of rotatable bonds is 1. The van der Waals surface area contributed by atoms with Crippen LogP contribution in [0.4, 0.5) is 0 Å². The molecule has 18 heavy (non-hydrogen) atoms. The number of hydrogen-bond acceptors (Lipinski definition) is 2. The van der Waals surface area contributed by atoms with Crippen LogP contribution in [0.25, 0.3) is 0 Å². The van der Waals surface area contributed by atoms with Gasteiger partial charge in [0.2, 0.25) is 0 Å². The molecule has 4 aliphatic carbocycles. The van der Waals surface area contributed by atoms with Gasteiger partial charge in [-0.25, -0.2) is 4.79 Å². The molecule has 4 saturated carbocycles. The van der Waals surface area contributed by atoms with E-state index in [-0.39, 0.29) is 11.0 Å². The molecule has 4 fully saturated rings. The van der Waals surface area contributed by atoms with E-state index >= 15 is 0 Å². The van der Waals surface area contributed by atoms with Gasteiger partial charge < -0.3 is 10.2 Å². The van der Waals surface area contributed by atoms with E-state index in [0.717, 1.165) is 36.7 Å². The minimum Gasteiger partial charge on any atom is -0.478 e. The van der Waals surface area contributed by atoms with Gasteiger partial charge in [0, 0.05) is 6.08 Å². The zero-order valence-corrected chi connectivity index (χ0v) is 11.4. The van der Waals surface area contributed by atoms with Gasteiger partial charge in [0.25, 0.3) is 0 Å². The van der Waals surface area contributed by atoms with Crippen molar-refractivity contribution in [2.24, 2.45) is 23.2 Å². The third-order valence-electron chi connectivity index (χ3n) is 5.55. The average molecular weight is 252 g/mol. The molecule has 2 unspecified atom stereocenters. The predicted octanol–water partition coefficient (Wildman–Crippen LogP) is 2.84. The van der Waals surface area contributed by atoms with Crippen molar-refractivity contribution < 1.29 is 15.0 Å². The lowest BCUT2D eigenvalue weighted by atomic mass is 9.44. The van der Waals surface area contributed by atoms with Crippen molar-refractivity contribution in [3.05, 3.63) is 12.7 Å². The molecule has 0 aromatic heterocycles. The first-order chi connectivity index (χ1) is 8.28. The van der Waals surface area contributed by atoms with Crippen LogP contribution in [0.3, 0.4) is 0 Å². The van der Waals surface area contributed by atoms with E-state index in [1.54, 1.807) is 0 Å². The standard InChI is InChI=1S/C12H20O.C3H4O2/c1-11(2)10-4-8-3-9(5-10)7-12(11,13)6-8;1-2-3(4)5/h8-10,13H,3-7H2,1-2H3;2H,1H2,(H,4,5). The minimum atomic E-state index is -0.981. The third-order valence-corrected chi connectivity index (χ3v) is 5.55. The van der Waals surface area contributed by atoms with E-state index in [2.05, 4.69) is 20.4 Å². The monoisotopic (exact) mass is 252 g/mol. The number of aliphatic hydroxyl groups is 1. The third kappa shape index (κ3) is 2.09. The second-order valence-electron chi connectivity index (χ2n) is 6.84. The molecule has 3 nitrogen and oxygen atoms in total. The van der Waals surface area contributed by atoms with Crippen LogP contribution in [0.2, 0.25) is 0 Å². The summed E-state index contributed by atoms with van der Waals surface area (Å²) in [6.45, 7) is 7.53. The van der Waals surface area contributed by atoms with Crippen molar-refractivity contribution in [2.75, 3.05) is 0 Å². The van der Waals surface area contributed by atoms with Gasteiger partial charge in [-0.15, -0.1) is 0 Å². The molecule has 0 aliphatic heterocycles. The molecule has 0 radical (unpaired) electrons. The Kier molecular flexibility index (Phi) is 3.30. The van der Waals surface area contributed by atoms with E-state index < -0.39 is 5.97 Å². The molecule has 4 aliphatic rings. The first-order valence-corrected chi connectivity index (χ1v) is 6.86. The molecule has 4 bridgehead atoms. The molecule has 0 aromatic rings. The zero-order chi connectivity index (χ0) is 13.6. The van der Waals surface area contributed by atoms with Crippen molar-refractivity contribution in [3.8, 4) is 0 Å². The number of carboxylic acid groups (broad SMARTS) is 1. The van der Waals surface area contributed by atoms with Gasteiger partial charge in [0.05, 0.1) is 5.60 Å². The molecule has 0 heterocycles. The van der Waals surface area contributed by atoms with E-state index in [9.17, 15) is 9.90 Å². The molecular formula is C15H24O3. The zero-order valence-electron chi connectivity index (χ0n) is 11.4. The fourth-order valence-corrected chi connectivity index (χ4v) is 4.43. The number of carbonyl (C=O) groups is 1. The van der Waals surface area contributed by atoms with Gasteiger partial charge in [-0.3, -0.25) is 0 Å². The van der Waals surface area contributed by atoms with Gasteiger partial charge in [0.15, 0.2) is 0 Å². The average Bonchev–Trinajstić information content (AvgIpc) is 2.26. The molecule has 2 N–H and O–H groups in total. The topological polar surface area (TPSA) is 57.5 Å². The van der Waals surface area contributed by atoms with Crippen LogP contribution >= 0.6 is 0 Å². The fraction of sp³-hybridized carbons (Fsp3) is 0.800. The molecular weight excluding hydrogens is 228 g/mol. The summed E-state index contributed by atoms with van der Waals surface area (Å²) in [7, 11) is 0. The van der Waals surface area contributed by atoms with Crippen LogP contribution in [-0.4, -0.2) is 21.8 Å². The van der Waals surface area contributed by atoms with Gasteiger partial charge in [-0.2, -0.15) is 0 Å². The minimum absolute atomic E-state index is 0.195. The van der Waals surface area contributed by atoms with Gasteiger partial charge in [-0.05, 0) is 55.3 Å². The van der Waals surface area contributed by atoms with Crippen LogP contribution in [-0.2, 0) is 4.79 Å². The van der Waals surface area contributed by atoms with Gasteiger partial charge in [-0.1, -0.05) is 20.4 Å². The van der Waals surface area contributed by atoms with Crippen LogP contribution in [0, 0.1) is 23.2 Å². The number of hydrogen-bond donors (Lipinski definition) is 2. The fourth-order valence-electron chi connectivity index (χ4n) is 4.43. The van der Waals surface area contributed by atoms with E-state index in [1.165, 1.54) is 19.3 Å². The van der Waals surface area contributed by atoms with E-state index in [0.29, 0.717) is 0 Å². The molecule has 0 amide bonds. The molecule has 2 atom stereocenters. The molecule has 0 aromatic carbocycles. The summed E-state index contributed by atoms with van der Waals surface area (Å²) in [4.78, 5) is 9.25. The van der Waals surface area contributed by atoms with E-state index in [4.69, 9.17) is 5.11 Å². The Hall–Kier alpha value is -0.830. The molecule has 102 valence electrons. The van der Waals surface area contributed by atoms with Crippen LogP contribution in [0.1, 0.15) is 46.0 Å². The van der Waals surface area contributed by atoms with Crippen molar-refractivity contribution in [3.63, 3.8) is 0 Å². The Morgan fingerprint density at radius 1 is 1.22 bits per heavy atom. The Balaban J connectivity index is 0.000000209. The summed E-state index contributed by atoms with van der Waals surface area (Å²) in [5.41, 5.74) is -0.109. The highest BCUT2D eigenvalue weighted by Gasteiger charge is 2.60. The summed E-state index contributed by atoms with van der Waals surface area (Å²) in [5.74, 6) is 1.54. The Bertz CT molecular complexity index is 345. The van der Waals surface area contributed by atoms with Gasteiger partial charge >= 0.3 is 5.97 Å². The summed E-state index contributed by atoms with van der Waals surface area (Å²) in [6, 6.07) is 0. The summed E-state index contributed by atoms with van der Waals surface area (Å²) < 4.78 is 0. The summed E-state index contributed by atoms with van der Waals surface area (Å²) in [5, 5.41) is 18.2. The summed E-state index contributed by atoms with van der Waals surface area (Å²) in [6.07, 6.45) is 7.21. The maximum absolute atomic E-state index is 10.6. The van der Waals surface area contributed by atoms with Crippen molar-refractivity contribution >= 4 is 5.97 Å². The Morgan fingerprint density at radius 2 is 1.67 bits per heavy atom. The highest BCUT2D eigenvalue weighted by Crippen LogP contribution is 2.63.